The zero-order valence-corrected chi connectivity index (χ0v) is 11.1. The first-order chi connectivity index (χ1) is 9.24. The lowest BCUT2D eigenvalue weighted by Gasteiger charge is -2.12. The summed E-state index contributed by atoms with van der Waals surface area (Å²) in [7, 11) is 2.80. The molecule has 0 saturated carbocycles. The van der Waals surface area contributed by atoms with Gasteiger partial charge in [0.1, 0.15) is 11.4 Å². The van der Waals surface area contributed by atoms with Gasteiger partial charge in [-0.1, -0.05) is 0 Å². The number of methoxy groups -OCH3 is 2. The Balaban J connectivity index is 2.03. The summed E-state index contributed by atoms with van der Waals surface area (Å²) >= 11 is 0. The molecule has 1 atom stereocenters. The Bertz CT molecular complexity index is 444. The minimum atomic E-state index is -0.463. The molecule has 0 spiro atoms. The van der Waals surface area contributed by atoms with E-state index in [0.29, 0.717) is 17.9 Å². The van der Waals surface area contributed by atoms with Crippen LogP contribution in [0.25, 0.3) is 0 Å². The highest BCUT2D eigenvalue weighted by Gasteiger charge is 2.17. The first kappa shape index (κ1) is 13.6. The van der Waals surface area contributed by atoms with Gasteiger partial charge in [0.05, 0.1) is 20.3 Å². The molecular formula is C13H18N2O4. The Morgan fingerprint density at radius 1 is 1.53 bits per heavy atom. The molecular weight excluding hydrogens is 248 g/mol. The summed E-state index contributed by atoms with van der Waals surface area (Å²) < 4.78 is 15.3. The van der Waals surface area contributed by atoms with Crippen LogP contribution in [-0.2, 0) is 9.47 Å². The van der Waals surface area contributed by atoms with E-state index in [9.17, 15) is 4.79 Å². The standard InChI is InChI=1S/C13H18N2O4/c1-17-12-10(13(16)18-2)5-6-11(15-12)14-8-9-4-3-7-19-9/h5-6,9H,3-4,7-8H2,1-2H3,(H,14,15). The van der Waals surface area contributed by atoms with Crippen molar-refractivity contribution in [3.63, 3.8) is 0 Å². The molecule has 0 radical (unpaired) electrons. The number of hydrogen-bond donors (Lipinski definition) is 1. The summed E-state index contributed by atoms with van der Waals surface area (Å²) in [5.41, 5.74) is 0.313. The molecule has 0 amide bonds. The summed E-state index contributed by atoms with van der Waals surface area (Å²) in [5.74, 6) is 0.444. The molecule has 0 aliphatic carbocycles. The lowest BCUT2D eigenvalue weighted by Crippen LogP contribution is -2.19. The minimum Gasteiger partial charge on any atom is -0.480 e. The molecule has 0 bridgehead atoms. The van der Waals surface area contributed by atoms with Crippen LogP contribution in [0, 0.1) is 0 Å². The third-order valence-corrected chi connectivity index (χ3v) is 2.99. The summed E-state index contributed by atoms with van der Waals surface area (Å²) in [6.07, 6.45) is 2.39. The Morgan fingerprint density at radius 3 is 3.00 bits per heavy atom. The molecule has 1 aliphatic heterocycles. The number of ether oxygens (including phenoxy) is 3. The van der Waals surface area contributed by atoms with E-state index in [4.69, 9.17) is 9.47 Å². The molecule has 19 heavy (non-hydrogen) atoms. The molecule has 1 fully saturated rings. The lowest BCUT2D eigenvalue weighted by molar-refractivity contribution is 0.0596. The zero-order chi connectivity index (χ0) is 13.7. The van der Waals surface area contributed by atoms with Crippen molar-refractivity contribution < 1.29 is 19.0 Å². The maximum atomic E-state index is 11.5. The molecule has 6 heteroatoms. The average Bonchev–Trinajstić information content (AvgIpc) is 2.97. The van der Waals surface area contributed by atoms with Crippen LogP contribution in [0.1, 0.15) is 23.2 Å². The monoisotopic (exact) mass is 266 g/mol. The number of nitrogens with zero attached hydrogens (tertiary/aromatic N) is 1. The Labute approximate surface area is 112 Å². The van der Waals surface area contributed by atoms with E-state index in [2.05, 4.69) is 15.0 Å². The number of rotatable bonds is 5. The van der Waals surface area contributed by atoms with Gasteiger partial charge in [0.2, 0.25) is 5.88 Å². The number of carbonyl (C=O) groups is 1. The predicted molar refractivity (Wildman–Crippen MR) is 69.6 cm³/mol. The smallest absolute Gasteiger partial charge is 0.343 e. The van der Waals surface area contributed by atoms with Gasteiger partial charge in [-0.2, -0.15) is 4.98 Å². The second-order valence-electron chi connectivity index (χ2n) is 4.26. The van der Waals surface area contributed by atoms with E-state index in [1.807, 2.05) is 0 Å². The Kier molecular flexibility index (Phi) is 4.57. The minimum absolute atomic E-state index is 0.230. The molecule has 1 saturated heterocycles. The van der Waals surface area contributed by atoms with Gasteiger partial charge >= 0.3 is 5.97 Å². The zero-order valence-electron chi connectivity index (χ0n) is 11.1. The number of nitrogens with one attached hydrogen (secondary N) is 1. The van der Waals surface area contributed by atoms with E-state index >= 15 is 0 Å². The van der Waals surface area contributed by atoms with Crippen molar-refractivity contribution in [2.75, 3.05) is 32.7 Å². The highest BCUT2D eigenvalue weighted by atomic mass is 16.5. The Morgan fingerprint density at radius 2 is 2.37 bits per heavy atom. The van der Waals surface area contributed by atoms with Crippen LogP contribution in [0.5, 0.6) is 5.88 Å². The first-order valence-electron chi connectivity index (χ1n) is 6.23. The van der Waals surface area contributed by atoms with Crippen LogP contribution in [0.3, 0.4) is 0 Å². The molecule has 1 N–H and O–H groups in total. The van der Waals surface area contributed by atoms with Crippen LogP contribution >= 0.6 is 0 Å². The Hall–Kier alpha value is -1.82. The van der Waals surface area contributed by atoms with Crippen molar-refractivity contribution in [2.24, 2.45) is 0 Å². The van der Waals surface area contributed by atoms with E-state index in [-0.39, 0.29) is 12.0 Å². The average molecular weight is 266 g/mol. The van der Waals surface area contributed by atoms with Gasteiger partial charge in [-0.15, -0.1) is 0 Å². The summed E-state index contributed by atoms with van der Waals surface area (Å²) in [6.45, 7) is 1.53. The number of pyridine rings is 1. The van der Waals surface area contributed by atoms with Crippen LogP contribution < -0.4 is 10.1 Å². The molecule has 0 aromatic carbocycles. The fourth-order valence-corrected chi connectivity index (χ4v) is 1.98. The van der Waals surface area contributed by atoms with Gasteiger partial charge in [0.15, 0.2) is 0 Å². The highest BCUT2D eigenvalue weighted by Crippen LogP contribution is 2.20. The predicted octanol–water partition coefficient (Wildman–Crippen LogP) is 1.47. The van der Waals surface area contributed by atoms with Gasteiger partial charge in [0, 0.05) is 13.2 Å². The highest BCUT2D eigenvalue weighted by molar-refractivity contribution is 5.92. The topological polar surface area (TPSA) is 69.7 Å². The molecule has 6 nitrogen and oxygen atoms in total. The fourth-order valence-electron chi connectivity index (χ4n) is 1.98. The van der Waals surface area contributed by atoms with E-state index < -0.39 is 5.97 Å². The molecule has 104 valence electrons. The normalized spacial score (nSPS) is 18.1. The van der Waals surface area contributed by atoms with E-state index in [1.54, 1.807) is 12.1 Å². The lowest BCUT2D eigenvalue weighted by atomic mass is 10.2. The second-order valence-corrected chi connectivity index (χ2v) is 4.26. The number of hydrogen-bond acceptors (Lipinski definition) is 6. The van der Waals surface area contributed by atoms with Crippen molar-refractivity contribution in [3.05, 3.63) is 17.7 Å². The number of esters is 1. The number of carbonyl (C=O) groups excluding carboxylic acids is 1. The molecule has 2 heterocycles. The first-order valence-corrected chi connectivity index (χ1v) is 6.23. The van der Waals surface area contributed by atoms with Crippen molar-refractivity contribution in [2.45, 2.75) is 18.9 Å². The van der Waals surface area contributed by atoms with Crippen molar-refractivity contribution in [1.29, 1.82) is 0 Å². The van der Waals surface area contributed by atoms with Crippen LogP contribution in [-0.4, -0.2) is 44.4 Å². The molecule has 1 aromatic rings. The summed E-state index contributed by atoms with van der Waals surface area (Å²) in [5, 5.41) is 3.18. The van der Waals surface area contributed by atoms with Crippen molar-refractivity contribution in [1.82, 2.24) is 4.98 Å². The van der Waals surface area contributed by atoms with Gasteiger partial charge in [-0.3, -0.25) is 0 Å². The van der Waals surface area contributed by atoms with E-state index in [0.717, 1.165) is 19.4 Å². The molecule has 1 aliphatic rings. The van der Waals surface area contributed by atoms with Gasteiger partial charge < -0.3 is 19.5 Å². The summed E-state index contributed by atoms with van der Waals surface area (Å²) in [6, 6.07) is 3.36. The van der Waals surface area contributed by atoms with Gasteiger partial charge in [-0.25, -0.2) is 4.79 Å². The van der Waals surface area contributed by atoms with Crippen LogP contribution in [0.2, 0.25) is 0 Å². The fraction of sp³-hybridized carbons (Fsp3) is 0.538. The van der Waals surface area contributed by atoms with Crippen molar-refractivity contribution in [3.8, 4) is 5.88 Å². The number of anilines is 1. The maximum absolute atomic E-state index is 11.5. The third-order valence-electron chi connectivity index (χ3n) is 2.99. The quantitative estimate of drug-likeness (QED) is 0.814. The van der Waals surface area contributed by atoms with Gasteiger partial charge in [-0.05, 0) is 25.0 Å². The van der Waals surface area contributed by atoms with Crippen LogP contribution in [0.4, 0.5) is 5.82 Å². The molecule has 2 rings (SSSR count). The maximum Gasteiger partial charge on any atom is 0.343 e. The molecule has 1 unspecified atom stereocenters. The third kappa shape index (κ3) is 3.35. The second kappa shape index (κ2) is 6.38. The van der Waals surface area contributed by atoms with Crippen molar-refractivity contribution >= 4 is 11.8 Å². The largest absolute Gasteiger partial charge is 0.480 e. The molecule has 1 aromatic heterocycles. The van der Waals surface area contributed by atoms with Gasteiger partial charge in [0.25, 0.3) is 0 Å². The SMILES string of the molecule is COC(=O)c1ccc(NCC2CCCO2)nc1OC. The number of aromatic nitrogens is 1. The summed E-state index contributed by atoms with van der Waals surface area (Å²) in [4.78, 5) is 15.7. The van der Waals surface area contributed by atoms with Crippen LogP contribution in [0.15, 0.2) is 12.1 Å². The van der Waals surface area contributed by atoms with E-state index in [1.165, 1.54) is 14.2 Å².